The maximum absolute atomic E-state index is 8.63. The van der Waals surface area contributed by atoms with Crippen LogP contribution in [0.3, 0.4) is 0 Å². The minimum absolute atomic E-state index is 0.528. The Morgan fingerprint density at radius 2 is 2.22 bits per heavy atom. The van der Waals surface area contributed by atoms with Gasteiger partial charge in [0.05, 0.1) is 3.79 Å². The lowest BCUT2D eigenvalue weighted by atomic mass is 9.83. The summed E-state index contributed by atoms with van der Waals surface area (Å²) in [6, 6.07) is 1.67. The Balaban J connectivity index is 2.94. The van der Waals surface area contributed by atoms with E-state index in [9.17, 15) is 0 Å². The maximum Gasteiger partial charge on any atom is 0.490 e. The van der Waals surface area contributed by atoms with Crippen molar-refractivity contribution in [1.29, 1.82) is 0 Å². The molecule has 0 spiro atoms. The van der Waals surface area contributed by atoms with Crippen molar-refractivity contribution in [2.45, 2.75) is 0 Å². The van der Waals surface area contributed by atoms with Gasteiger partial charge in [-0.1, -0.05) is 6.07 Å². The van der Waals surface area contributed by atoms with Crippen molar-refractivity contribution < 1.29 is 10.0 Å². The van der Waals surface area contributed by atoms with Crippen LogP contribution in [0.5, 0.6) is 0 Å². The lowest BCUT2D eigenvalue weighted by Gasteiger charge is -1.91. The molecule has 0 aliphatic rings. The van der Waals surface area contributed by atoms with Crippen LogP contribution in [0.4, 0.5) is 0 Å². The van der Waals surface area contributed by atoms with Gasteiger partial charge in [-0.25, -0.2) is 0 Å². The molecule has 0 aliphatic heterocycles. The summed E-state index contributed by atoms with van der Waals surface area (Å²) in [6.45, 7) is 0. The van der Waals surface area contributed by atoms with Crippen molar-refractivity contribution in [2.75, 3.05) is 0 Å². The van der Waals surface area contributed by atoms with Crippen molar-refractivity contribution >= 4 is 39.8 Å². The smallest absolute Gasteiger partial charge is 0.423 e. The fourth-order valence-corrected chi connectivity index (χ4v) is 1.79. The summed E-state index contributed by atoms with van der Waals surface area (Å²) in [6.07, 6.45) is 0. The Labute approximate surface area is 65.4 Å². The van der Waals surface area contributed by atoms with Crippen LogP contribution in [0, 0.1) is 0 Å². The zero-order chi connectivity index (χ0) is 6.85. The van der Waals surface area contributed by atoms with Gasteiger partial charge in [0.2, 0.25) is 0 Å². The summed E-state index contributed by atoms with van der Waals surface area (Å²) >= 11 is 4.59. The lowest BCUT2D eigenvalue weighted by Crippen LogP contribution is -2.28. The molecule has 1 rings (SSSR count). The highest BCUT2D eigenvalue weighted by molar-refractivity contribution is 9.11. The average Bonchev–Trinajstić information content (AvgIpc) is 2.13. The molecule has 9 heavy (non-hydrogen) atoms. The summed E-state index contributed by atoms with van der Waals surface area (Å²) in [4.78, 5) is 0. The Hall–Kier alpha value is 0.165. The molecule has 2 N–H and O–H groups in total. The second-order valence-corrected chi connectivity index (χ2v) is 3.76. The van der Waals surface area contributed by atoms with Crippen LogP contribution in [0.15, 0.2) is 15.2 Å². The standard InChI is InChI=1S/C4H4BBrO2S/c6-4-3(5(7)8)1-2-9-4/h1-2,7-8H. The minimum Gasteiger partial charge on any atom is -0.423 e. The second kappa shape index (κ2) is 2.83. The van der Waals surface area contributed by atoms with E-state index < -0.39 is 7.12 Å². The van der Waals surface area contributed by atoms with E-state index in [1.165, 1.54) is 11.3 Å². The van der Waals surface area contributed by atoms with E-state index in [0.717, 1.165) is 3.79 Å². The number of halogens is 1. The Bertz CT molecular complexity index is 200. The molecule has 0 amide bonds. The van der Waals surface area contributed by atoms with E-state index in [-0.39, 0.29) is 0 Å². The van der Waals surface area contributed by atoms with Gasteiger partial charge in [-0.2, -0.15) is 0 Å². The number of hydrogen-bond acceptors (Lipinski definition) is 3. The van der Waals surface area contributed by atoms with Crippen molar-refractivity contribution in [3.05, 3.63) is 15.2 Å². The summed E-state index contributed by atoms with van der Waals surface area (Å²) in [5, 5.41) is 19.0. The highest BCUT2D eigenvalue weighted by Gasteiger charge is 2.14. The quantitative estimate of drug-likeness (QED) is 0.645. The molecule has 1 aromatic rings. The highest BCUT2D eigenvalue weighted by Crippen LogP contribution is 2.13. The largest absolute Gasteiger partial charge is 0.490 e. The first-order valence-corrected chi connectivity index (χ1v) is 3.98. The van der Waals surface area contributed by atoms with Gasteiger partial charge in [0.15, 0.2) is 0 Å². The van der Waals surface area contributed by atoms with Crippen LogP contribution in [-0.2, 0) is 0 Å². The van der Waals surface area contributed by atoms with E-state index in [1.807, 2.05) is 0 Å². The molecule has 0 fully saturated rings. The average molecular weight is 207 g/mol. The molecule has 48 valence electrons. The molecule has 0 aromatic carbocycles. The molecule has 0 bridgehead atoms. The van der Waals surface area contributed by atoms with Gasteiger partial charge in [0, 0.05) is 5.46 Å². The van der Waals surface area contributed by atoms with Gasteiger partial charge in [-0.3, -0.25) is 0 Å². The first kappa shape index (κ1) is 7.27. The van der Waals surface area contributed by atoms with E-state index in [4.69, 9.17) is 10.0 Å². The van der Waals surface area contributed by atoms with Crippen LogP contribution < -0.4 is 5.46 Å². The first-order valence-electron chi connectivity index (χ1n) is 2.31. The monoisotopic (exact) mass is 206 g/mol. The molecule has 0 atom stereocenters. The summed E-state index contributed by atoms with van der Waals surface area (Å²) in [5.74, 6) is 0. The third kappa shape index (κ3) is 1.55. The van der Waals surface area contributed by atoms with Gasteiger partial charge >= 0.3 is 7.12 Å². The Morgan fingerprint density at radius 1 is 1.56 bits per heavy atom. The molecule has 1 aromatic heterocycles. The molecule has 2 nitrogen and oxygen atoms in total. The fourth-order valence-electron chi connectivity index (χ4n) is 0.488. The lowest BCUT2D eigenvalue weighted by molar-refractivity contribution is 0.426. The number of hydrogen-bond donors (Lipinski definition) is 2. The van der Waals surface area contributed by atoms with Crippen LogP contribution in [-0.4, -0.2) is 17.2 Å². The summed E-state index contributed by atoms with van der Waals surface area (Å²) in [7, 11) is -1.36. The van der Waals surface area contributed by atoms with Crippen molar-refractivity contribution in [3.63, 3.8) is 0 Å². The van der Waals surface area contributed by atoms with Crippen molar-refractivity contribution in [2.24, 2.45) is 0 Å². The van der Waals surface area contributed by atoms with Crippen LogP contribution >= 0.6 is 27.3 Å². The van der Waals surface area contributed by atoms with E-state index in [1.54, 1.807) is 11.4 Å². The second-order valence-electron chi connectivity index (χ2n) is 1.52. The predicted octanol–water partition coefficient (Wildman–Crippen LogP) is 0.190. The third-order valence-electron chi connectivity index (χ3n) is 0.924. The minimum atomic E-state index is -1.36. The number of rotatable bonds is 1. The van der Waals surface area contributed by atoms with Crippen LogP contribution in [0.1, 0.15) is 0 Å². The first-order chi connectivity index (χ1) is 4.22. The summed E-state index contributed by atoms with van der Waals surface area (Å²) in [5.41, 5.74) is 0.528. The van der Waals surface area contributed by atoms with E-state index in [0.29, 0.717) is 5.46 Å². The maximum atomic E-state index is 8.63. The molecule has 0 unspecified atom stereocenters. The molecule has 0 saturated heterocycles. The third-order valence-corrected chi connectivity index (χ3v) is 2.66. The molecule has 0 saturated carbocycles. The fraction of sp³-hybridized carbons (Fsp3) is 0. The van der Waals surface area contributed by atoms with Crippen LogP contribution in [0.25, 0.3) is 0 Å². The normalized spacial score (nSPS) is 9.67. The van der Waals surface area contributed by atoms with E-state index >= 15 is 0 Å². The van der Waals surface area contributed by atoms with Crippen LogP contribution in [0.2, 0.25) is 0 Å². The Kier molecular flexibility index (Phi) is 2.29. The molecular weight excluding hydrogens is 203 g/mol. The van der Waals surface area contributed by atoms with Crippen molar-refractivity contribution in [1.82, 2.24) is 0 Å². The van der Waals surface area contributed by atoms with Gasteiger partial charge in [0.1, 0.15) is 0 Å². The van der Waals surface area contributed by atoms with Gasteiger partial charge in [-0.15, -0.1) is 11.3 Å². The van der Waals surface area contributed by atoms with Gasteiger partial charge in [-0.05, 0) is 21.3 Å². The summed E-state index contributed by atoms with van der Waals surface area (Å²) < 4.78 is 0.775. The SMILES string of the molecule is OB(O)c1ccsc1Br. The highest BCUT2D eigenvalue weighted by atomic mass is 79.9. The zero-order valence-corrected chi connectivity index (χ0v) is 6.82. The number of thiophene rings is 1. The Morgan fingerprint density at radius 3 is 2.44 bits per heavy atom. The van der Waals surface area contributed by atoms with Gasteiger partial charge < -0.3 is 10.0 Å². The predicted molar refractivity (Wildman–Crippen MR) is 41.8 cm³/mol. The molecule has 0 aliphatic carbocycles. The van der Waals surface area contributed by atoms with Crippen molar-refractivity contribution in [3.8, 4) is 0 Å². The molecule has 1 heterocycles. The van der Waals surface area contributed by atoms with Gasteiger partial charge in [0.25, 0.3) is 0 Å². The molecular formula is C4H4BBrO2S. The molecule has 0 radical (unpaired) electrons. The zero-order valence-electron chi connectivity index (χ0n) is 4.41. The topological polar surface area (TPSA) is 40.5 Å². The van der Waals surface area contributed by atoms with E-state index in [2.05, 4.69) is 15.9 Å². The molecule has 5 heteroatoms.